The third-order valence-electron chi connectivity index (χ3n) is 2.89. The average Bonchev–Trinajstić information content (AvgIpc) is 2.15. The number of aryl methyl sites for hydroxylation is 1. The molecule has 0 saturated heterocycles. The molecule has 0 aliphatic carbocycles. The molecule has 1 amide bonds. The third-order valence-corrected chi connectivity index (χ3v) is 5.36. The molecule has 16 heavy (non-hydrogen) atoms. The molecule has 0 atom stereocenters. The first-order valence-corrected chi connectivity index (χ1v) is 6.42. The van der Waals surface area contributed by atoms with Crippen LogP contribution in [0.25, 0.3) is 0 Å². The van der Waals surface area contributed by atoms with Crippen molar-refractivity contribution in [3.63, 3.8) is 0 Å². The molecule has 86 valence electrons. The van der Waals surface area contributed by atoms with Gasteiger partial charge in [0.1, 0.15) is 4.75 Å². The molecule has 0 fully saturated rings. The van der Waals surface area contributed by atoms with Gasteiger partial charge < -0.3 is 5.32 Å². The summed E-state index contributed by atoms with van der Waals surface area (Å²) in [4.78, 5) is 11.9. The Balaban J connectivity index is 2.78. The van der Waals surface area contributed by atoms with E-state index in [1.165, 1.54) is 13.8 Å². The van der Waals surface area contributed by atoms with Gasteiger partial charge >= 0.3 is 0 Å². The molecule has 0 unspecified atom stereocenters. The van der Waals surface area contributed by atoms with Crippen molar-refractivity contribution in [1.29, 1.82) is 0 Å². The maximum Gasteiger partial charge on any atom is 0.245 e. The second kappa shape index (κ2) is 3.07. The molecule has 1 aromatic rings. The first-order valence-electron chi connectivity index (χ1n) is 4.93. The zero-order valence-corrected chi connectivity index (χ0v) is 10.2. The molecule has 0 radical (unpaired) electrons. The van der Waals surface area contributed by atoms with Gasteiger partial charge in [0.15, 0.2) is 9.84 Å². The maximum absolute atomic E-state index is 12.2. The number of anilines is 1. The molecule has 2 rings (SSSR count). The number of hydrogen-bond acceptors (Lipinski definition) is 3. The normalized spacial score (nSPS) is 21.1. The quantitative estimate of drug-likeness (QED) is 0.746. The lowest BCUT2D eigenvalue weighted by atomic mass is 10.1. The van der Waals surface area contributed by atoms with Crippen LogP contribution in [-0.2, 0) is 14.6 Å². The Morgan fingerprint density at radius 1 is 1.25 bits per heavy atom. The highest BCUT2D eigenvalue weighted by Gasteiger charge is 2.47. The SMILES string of the molecule is Cc1ccc2c(c1)NC(=O)C(C)(C)S2(=O)=O. The minimum atomic E-state index is -3.60. The van der Waals surface area contributed by atoms with Crippen LogP contribution >= 0.6 is 0 Å². The van der Waals surface area contributed by atoms with E-state index in [0.717, 1.165) is 5.56 Å². The van der Waals surface area contributed by atoms with Gasteiger partial charge in [0.05, 0.1) is 10.6 Å². The monoisotopic (exact) mass is 239 g/mol. The van der Waals surface area contributed by atoms with Crippen molar-refractivity contribution in [2.75, 3.05) is 5.32 Å². The molecule has 0 aromatic heterocycles. The summed E-state index contributed by atoms with van der Waals surface area (Å²) in [6, 6.07) is 4.94. The number of amides is 1. The third kappa shape index (κ3) is 1.28. The van der Waals surface area contributed by atoms with Gasteiger partial charge in [0.25, 0.3) is 0 Å². The highest BCUT2D eigenvalue weighted by atomic mass is 32.2. The summed E-state index contributed by atoms with van der Waals surface area (Å²) in [7, 11) is -3.60. The highest BCUT2D eigenvalue weighted by Crippen LogP contribution is 2.36. The standard InChI is InChI=1S/C11H13NO3S/c1-7-4-5-9-8(6-7)12-10(13)11(2,3)16(9,14)15/h4-6H,1-3H3,(H,12,13). The van der Waals surface area contributed by atoms with Crippen LogP contribution in [0.3, 0.4) is 0 Å². The molecule has 1 aliphatic rings. The fourth-order valence-electron chi connectivity index (χ4n) is 1.65. The van der Waals surface area contributed by atoms with E-state index in [1.54, 1.807) is 18.2 Å². The Labute approximate surface area is 94.6 Å². The fraction of sp³-hybridized carbons (Fsp3) is 0.364. The molecule has 0 bridgehead atoms. The summed E-state index contributed by atoms with van der Waals surface area (Å²) in [5, 5.41) is 2.63. The molecule has 4 nitrogen and oxygen atoms in total. The van der Waals surface area contributed by atoms with Crippen molar-refractivity contribution in [1.82, 2.24) is 0 Å². The molecule has 1 heterocycles. The first-order chi connectivity index (χ1) is 7.26. The van der Waals surface area contributed by atoms with E-state index in [2.05, 4.69) is 5.32 Å². The van der Waals surface area contributed by atoms with Crippen LogP contribution in [0.15, 0.2) is 23.1 Å². The van der Waals surface area contributed by atoms with E-state index in [4.69, 9.17) is 0 Å². The van der Waals surface area contributed by atoms with Crippen molar-refractivity contribution in [2.45, 2.75) is 30.4 Å². The van der Waals surface area contributed by atoms with Gasteiger partial charge in [0.2, 0.25) is 5.91 Å². The van der Waals surface area contributed by atoms with E-state index in [1.807, 2.05) is 6.92 Å². The zero-order chi connectivity index (χ0) is 12.1. The maximum atomic E-state index is 12.2. The van der Waals surface area contributed by atoms with Gasteiger partial charge in [-0.3, -0.25) is 4.79 Å². The second-order valence-corrected chi connectivity index (χ2v) is 6.93. The largest absolute Gasteiger partial charge is 0.324 e. The van der Waals surface area contributed by atoms with E-state index >= 15 is 0 Å². The lowest BCUT2D eigenvalue weighted by molar-refractivity contribution is -0.118. The molecular weight excluding hydrogens is 226 g/mol. The van der Waals surface area contributed by atoms with Gasteiger partial charge in [-0.1, -0.05) is 6.07 Å². The van der Waals surface area contributed by atoms with Crippen LogP contribution in [0.4, 0.5) is 5.69 Å². The molecule has 1 aromatic carbocycles. The summed E-state index contributed by atoms with van der Waals surface area (Å²) in [6.45, 7) is 4.68. The topological polar surface area (TPSA) is 63.2 Å². The van der Waals surface area contributed by atoms with E-state index < -0.39 is 20.5 Å². The van der Waals surface area contributed by atoms with Crippen molar-refractivity contribution >= 4 is 21.4 Å². The summed E-state index contributed by atoms with van der Waals surface area (Å²) in [6.07, 6.45) is 0. The van der Waals surface area contributed by atoms with E-state index in [9.17, 15) is 13.2 Å². The molecule has 1 N–H and O–H groups in total. The number of fused-ring (bicyclic) bond motifs is 1. The average molecular weight is 239 g/mol. The minimum Gasteiger partial charge on any atom is -0.324 e. The number of nitrogens with one attached hydrogen (secondary N) is 1. The molecule has 5 heteroatoms. The number of carbonyl (C=O) groups excluding carboxylic acids is 1. The van der Waals surface area contributed by atoms with E-state index in [0.29, 0.717) is 5.69 Å². The van der Waals surface area contributed by atoms with Gasteiger partial charge in [-0.15, -0.1) is 0 Å². The Hall–Kier alpha value is -1.36. The highest BCUT2D eigenvalue weighted by molar-refractivity contribution is 7.94. The summed E-state index contributed by atoms with van der Waals surface area (Å²) < 4.78 is 23.0. The molecule has 0 saturated carbocycles. The van der Waals surface area contributed by atoms with Gasteiger partial charge in [0, 0.05) is 0 Å². The van der Waals surface area contributed by atoms with Crippen LogP contribution < -0.4 is 5.32 Å². The number of benzene rings is 1. The Bertz CT molecular complexity index is 573. The smallest absolute Gasteiger partial charge is 0.245 e. The predicted molar refractivity (Wildman–Crippen MR) is 61.1 cm³/mol. The lowest BCUT2D eigenvalue weighted by Gasteiger charge is -2.30. The Morgan fingerprint density at radius 2 is 1.88 bits per heavy atom. The van der Waals surface area contributed by atoms with Crippen molar-refractivity contribution in [3.05, 3.63) is 23.8 Å². The van der Waals surface area contributed by atoms with Gasteiger partial charge in [-0.2, -0.15) is 0 Å². The second-order valence-electron chi connectivity index (χ2n) is 4.47. The molecule has 1 aliphatic heterocycles. The lowest BCUT2D eigenvalue weighted by Crippen LogP contribution is -2.48. The summed E-state index contributed by atoms with van der Waals surface area (Å²) >= 11 is 0. The van der Waals surface area contributed by atoms with Crippen LogP contribution in [-0.4, -0.2) is 19.1 Å². The fourth-order valence-corrected chi connectivity index (χ4v) is 3.14. The van der Waals surface area contributed by atoms with Crippen molar-refractivity contribution in [3.8, 4) is 0 Å². The number of carbonyl (C=O) groups is 1. The Kier molecular flexibility index (Phi) is 2.14. The zero-order valence-electron chi connectivity index (χ0n) is 9.37. The van der Waals surface area contributed by atoms with Crippen LogP contribution in [0.2, 0.25) is 0 Å². The summed E-state index contributed by atoms with van der Waals surface area (Å²) in [5.74, 6) is -0.481. The van der Waals surface area contributed by atoms with Crippen LogP contribution in [0.1, 0.15) is 19.4 Å². The predicted octanol–water partition coefficient (Wildman–Crippen LogP) is 1.50. The summed E-state index contributed by atoms with van der Waals surface area (Å²) in [5.41, 5.74) is 1.29. The van der Waals surface area contributed by atoms with Crippen molar-refractivity contribution in [2.24, 2.45) is 0 Å². The van der Waals surface area contributed by atoms with E-state index in [-0.39, 0.29) is 4.90 Å². The van der Waals surface area contributed by atoms with Crippen LogP contribution in [0, 0.1) is 6.92 Å². The van der Waals surface area contributed by atoms with Crippen molar-refractivity contribution < 1.29 is 13.2 Å². The van der Waals surface area contributed by atoms with Crippen LogP contribution in [0.5, 0.6) is 0 Å². The number of rotatable bonds is 0. The van der Waals surface area contributed by atoms with Gasteiger partial charge in [-0.05, 0) is 38.5 Å². The first kappa shape index (κ1) is 11.1. The molecule has 0 spiro atoms. The van der Waals surface area contributed by atoms with Gasteiger partial charge in [-0.25, -0.2) is 8.42 Å². The number of sulfone groups is 1. The molecular formula is C11H13NO3S. The number of hydrogen-bond donors (Lipinski definition) is 1. The Morgan fingerprint density at radius 3 is 2.50 bits per heavy atom. The minimum absolute atomic E-state index is 0.197.